The Kier molecular flexibility index (Phi) is 6.33. The van der Waals surface area contributed by atoms with E-state index in [1.807, 2.05) is 0 Å². The molecule has 0 radical (unpaired) electrons. The zero-order chi connectivity index (χ0) is 22.6. The Labute approximate surface area is 189 Å². The van der Waals surface area contributed by atoms with Crippen LogP contribution in [0.25, 0.3) is 0 Å². The molecule has 4 saturated carbocycles. The molecule has 0 unspecified atom stereocenters. The summed E-state index contributed by atoms with van der Waals surface area (Å²) in [7, 11) is 0. The average Bonchev–Trinajstić information content (AvgIpc) is 3.05. The summed E-state index contributed by atoms with van der Waals surface area (Å²) in [5.74, 6) is 2.76. The second kappa shape index (κ2) is 8.45. The van der Waals surface area contributed by atoms with Crippen molar-refractivity contribution < 1.29 is 9.72 Å². The van der Waals surface area contributed by atoms with Gasteiger partial charge in [-0.1, -0.05) is 66.7 Å². The quantitative estimate of drug-likeness (QED) is 0.338. The van der Waals surface area contributed by atoms with Gasteiger partial charge in [-0.3, -0.25) is 14.9 Å². The van der Waals surface area contributed by atoms with Crippen molar-refractivity contribution in [3.05, 3.63) is 10.1 Å². The van der Waals surface area contributed by atoms with E-state index in [2.05, 4.69) is 34.6 Å². The van der Waals surface area contributed by atoms with Crippen molar-refractivity contribution in [3.8, 4) is 0 Å². The van der Waals surface area contributed by atoms with Crippen molar-refractivity contribution >= 4 is 5.78 Å². The van der Waals surface area contributed by atoms with E-state index in [1.165, 1.54) is 38.5 Å². The molecular formula is C27H45NO3. The highest BCUT2D eigenvalue weighted by Crippen LogP contribution is 2.67. The number of hydrogen-bond acceptors (Lipinski definition) is 3. The number of carbonyl (C=O) groups is 1. The van der Waals surface area contributed by atoms with Crippen LogP contribution in [0.4, 0.5) is 0 Å². The number of nitro groups is 1. The van der Waals surface area contributed by atoms with E-state index in [4.69, 9.17) is 0 Å². The summed E-state index contributed by atoms with van der Waals surface area (Å²) in [5, 5.41) is 12.1. The first-order valence-corrected chi connectivity index (χ1v) is 13.3. The molecule has 0 amide bonds. The lowest BCUT2D eigenvalue weighted by atomic mass is 9.43. The highest BCUT2D eigenvalue weighted by Gasteiger charge is 2.67. The fourth-order valence-electron chi connectivity index (χ4n) is 9.31. The molecule has 0 aromatic carbocycles. The maximum atomic E-state index is 13.8. The predicted molar refractivity (Wildman–Crippen MR) is 124 cm³/mol. The van der Waals surface area contributed by atoms with Crippen molar-refractivity contribution in [3.63, 3.8) is 0 Å². The van der Waals surface area contributed by atoms with Crippen LogP contribution in [-0.4, -0.2) is 16.7 Å². The summed E-state index contributed by atoms with van der Waals surface area (Å²) < 4.78 is 0. The van der Waals surface area contributed by atoms with Crippen LogP contribution in [0.2, 0.25) is 0 Å². The van der Waals surface area contributed by atoms with Crippen molar-refractivity contribution in [2.24, 2.45) is 52.3 Å². The molecule has 4 aliphatic rings. The summed E-state index contributed by atoms with van der Waals surface area (Å²) in [6, 6.07) is -0.948. The first-order chi connectivity index (χ1) is 14.6. The predicted octanol–water partition coefficient (Wildman–Crippen LogP) is 6.93. The average molecular weight is 432 g/mol. The first kappa shape index (κ1) is 23.2. The SMILES string of the molecule is CC(C)CCC[C@@H](C)[C@@H]1CC[C@@H]2[C@@H]3C(=O)[C@H]([N+](=O)[O-])[C@H]4CCCC[C@]4(C)[C@H]3CC[C@]21C. The number of ketones is 1. The zero-order valence-corrected chi connectivity index (χ0v) is 20.6. The minimum absolute atomic E-state index is 0.0170. The van der Waals surface area contributed by atoms with Crippen LogP contribution in [-0.2, 0) is 4.79 Å². The number of fused-ring (bicyclic) bond motifs is 5. The number of hydrogen-bond donors (Lipinski definition) is 0. The Morgan fingerprint density at radius 2 is 1.65 bits per heavy atom. The summed E-state index contributed by atoms with van der Waals surface area (Å²) in [6.45, 7) is 11.8. The topological polar surface area (TPSA) is 60.2 Å². The molecule has 4 rings (SSSR count). The van der Waals surface area contributed by atoms with Gasteiger partial charge in [-0.25, -0.2) is 0 Å². The van der Waals surface area contributed by atoms with Crippen molar-refractivity contribution in [1.82, 2.24) is 0 Å². The van der Waals surface area contributed by atoms with Crippen LogP contribution in [0.1, 0.15) is 105 Å². The Morgan fingerprint density at radius 3 is 2.32 bits per heavy atom. The number of nitrogens with zero attached hydrogens (tertiary/aromatic N) is 1. The molecule has 4 heteroatoms. The molecule has 0 aromatic rings. The standard InChI is InChI=1S/C27H45NO3/c1-17(2)9-8-10-18(3)19-12-13-20-23-21(14-16-27(19,20)5)26(4)15-7-6-11-22(26)24(25(23)29)28(30)31/h17-24H,6-16H2,1-5H3/t18-,19+,20-,21+,22-,23+,24-,26-,27+/m1/s1. The third-order valence-electron chi connectivity index (χ3n) is 10.9. The second-order valence-electron chi connectivity index (χ2n) is 12.8. The van der Waals surface area contributed by atoms with Gasteiger partial charge < -0.3 is 0 Å². The number of carbonyl (C=O) groups excluding carboxylic acids is 1. The Balaban J connectivity index is 1.60. The Morgan fingerprint density at radius 1 is 0.935 bits per heavy atom. The van der Waals surface area contributed by atoms with Gasteiger partial charge in [0.25, 0.3) is 6.04 Å². The van der Waals surface area contributed by atoms with Crippen LogP contribution in [0.5, 0.6) is 0 Å². The Bertz CT molecular complexity index is 705. The van der Waals surface area contributed by atoms with Crippen LogP contribution in [0, 0.1) is 62.4 Å². The van der Waals surface area contributed by atoms with Crippen molar-refractivity contribution in [1.29, 1.82) is 0 Å². The van der Waals surface area contributed by atoms with E-state index in [-0.39, 0.29) is 33.4 Å². The zero-order valence-electron chi connectivity index (χ0n) is 20.6. The highest BCUT2D eigenvalue weighted by molar-refractivity contribution is 5.87. The smallest absolute Gasteiger partial charge is 0.273 e. The van der Waals surface area contributed by atoms with Gasteiger partial charge in [-0.05, 0) is 78.9 Å². The summed E-state index contributed by atoms with van der Waals surface area (Å²) in [5.41, 5.74) is 0.171. The molecule has 0 saturated heterocycles. The maximum absolute atomic E-state index is 13.8. The molecule has 9 atom stereocenters. The second-order valence-corrected chi connectivity index (χ2v) is 12.8. The van der Waals surface area contributed by atoms with E-state index < -0.39 is 6.04 Å². The third-order valence-corrected chi connectivity index (χ3v) is 10.9. The van der Waals surface area contributed by atoms with Gasteiger partial charge in [-0.2, -0.15) is 0 Å². The van der Waals surface area contributed by atoms with E-state index in [0.29, 0.717) is 23.7 Å². The van der Waals surface area contributed by atoms with Gasteiger partial charge in [0.2, 0.25) is 5.78 Å². The van der Waals surface area contributed by atoms with Crippen LogP contribution >= 0.6 is 0 Å². The molecule has 31 heavy (non-hydrogen) atoms. The third kappa shape index (κ3) is 3.68. The molecule has 4 nitrogen and oxygen atoms in total. The lowest BCUT2D eigenvalue weighted by Crippen LogP contribution is -2.63. The Hall–Kier alpha value is -0.930. The molecule has 4 aliphatic carbocycles. The number of Topliss-reactive ketones (excluding diaryl/α,β-unsaturated/α-hetero) is 1. The van der Waals surface area contributed by atoms with Crippen molar-refractivity contribution in [2.45, 2.75) is 111 Å². The summed E-state index contributed by atoms with van der Waals surface area (Å²) in [4.78, 5) is 25.7. The van der Waals surface area contributed by atoms with Gasteiger partial charge in [0.15, 0.2) is 0 Å². The summed E-state index contributed by atoms with van der Waals surface area (Å²) in [6.07, 6.45) is 12.7. The molecule has 0 spiro atoms. The van der Waals surface area contributed by atoms with E-state index >= 15 is 0 Å². The summed E-state index contributed by atoms with van der Waals surface area (Å²) >= 11 is 0. The highest BCUT2D eigenvalue weighted by atomic mass is 16.6. The molecule has 0 N–H and O–H groups in total. The normalized spacial score (nSPS) is 45.7. The molecule has 0 heterocycles. The number of rotatable bonds is 6. The molecule has 4 fully saturated rings. The molecule has 0 aromatic heterocycles. The molecule has 0 bridgehead atoms. The van der Waals surface area contributed by atoms with E-state index in [0.717, 1.165) is 38.0 Å². The van der Waals surface area contributed by atoms with Gasteiger partial charge in [0, 0.05) is 16.8 Å². The van der Waals surface area contributed by atoms with Crippen LogP contribution < -0.4 is 0 Å². The van der Waals surface area contributed by atoms with Crippen LogP contribution in [0.3, 0.4) is 0 Å². The van der Waals surface area contributed by atoms with Gasteiger partial charge >= 0.3 is 0 Å². The largest absolute Gasteiger partial charge is 0.292 e. The van der Waals surface area contributed by atoms with Gasteiger partial charge in [0.05, 0.1) is 0 Å². The maximum Gasteiger partial charge on any atom is 0.273 e. The van der Waals surface area contributed by atoms with E-state index in [9.17, 15) is 14.9 Å². The van der Waals surface area contributed by atoms with Gasteiger partial charge in [-0.15, -0.1) is 0 Å². The fraction of sp³-hybridized carbons (Fsp3) is 0.963. The monoisotopic (exact) mass is 431 g/mol. The lowest BCUT2D eigenvalue weighted by Gasteiger charge is -2.59. The minimum atomic E-state index is -0.948. The fourth-order valence-corrected chi connectivity index (χ4v) is 9.31. The van der Waals surface area contributed by atoms with E-state index in [1.54, 1.807) is 0 Å². The lowest BCUT2D eigenvalue weighted by molar-refractivity contribution is -0.526. The van der Waals surface area contributed by atoms with Gasteiger partial charge in [0.1, 0.15) is 0 Å². The van der Waals surface area contributed by atoms with Crippen LogP contribution in [0.15, 0.2) is 0 Å². The molecule has 176 valence electrons. The van der Waals surface area contributed by atoms with Crippen molar-refractivity contribution in [2.75, 3.05) is 0 Å². The molecule has 0 aliphatic heterocycles. The minimum Gasteiger partial charge on any atom is -0.292 e. The first-order valence-electron chi connectivity index (χ1n) is 13.3. The molecular weight excluding hydrogens is 386 g/mol.